The molecule has 0 N–H and O–H groups in total. The van der Waals surface area contributed by atoms with Gasteiger partial charge in [-0.25, -0.2) is 14.6 Å². The van der Waals surface area contributed by atoms with Crippen LogP contribution in [0.1, 0.15) is 21.5 Å². The summed E-state index contributed by atoms with van der Waals surface area (Å²) in [6.07, 6.45) is 1.60. The molecule has 0 amide bonds. The molecule has 1 heterocycles. The van der Waals surface area contributed by atoms with E-state index in [9.17, 15) is 9.59 Å². The lowest BCUT2D eigenvalue weighted by Gasteiger charge is -2.10. The van der Waals surface area contributed by atoms with Crippen molar-refractivity contribution in [3.05, 3.63) is 115 Å². The second kappa shape index (κ2) is 9.77. The third-order valence-electron chi connectivity index (χ3n) is 5.23. The summed E-state index contributed by atoms with van der Waals surface area (Å²) in [6.45, 7) is 0. The van der Waals surface area contributed by atoms with Gasteiger partial charge in [0.1, 0.15) is 0 Å². The molecule has 0 aromatic heterocycles. The Morgan fingerprint density at radius 1 is 0.914 bits per heavy atom. The molecule has 0 unspecified atom stereocenters. The van der Waals surface area contributed by atoms with E-state index in [2.05, 4.69) is 36.9 Å². The molecular formula is C27H14Br2ClNO4. The molecule has 0 aliphatic carbocycles. The van der Waals surface area contributed by atoms with Crippen LogP contribution in [0.15, 0.2) is 98.5 Å². The fraction of sp³-hybridized carbons (Fsp3) is 0. The summed E-state index contributed by atoms with van der Waals surface area (Å²) < 4.78 is 12.0. The van der Waals surface area contributed by atoms with Crippen LogP contribution in [0.25, 0.3) is 16.8 Å². The Kier molecular flexibility index (Phi) is 6.56. The lowest BCUT2D eigenvalue weighted by molar-refractivity contribution is -0.129. The number of carbonyl (C=O) groups excluding carboxylic acids is 2. The maximum Gasteiger partial charge on any atom is 0.363 e. The van der Waals surface area contributed by atoms with Gasteiger partial charge in [0.05, 0.1) is 19.5 Å². The molecule has 35 heavy (non-hydrogen) atoms. The maximum absolute atomic E-state index is 12.6. The SMILES string of the molecule is O=C1OC(c2ccc3ccccc3c2)=N/C1=C\c1cc(Br)c(OC(=O)c2ccccc2Cl)c(Br)c1. The third kappa shape index (κ3) is 4.93. The molecule has 0 fully saturated rings. The molecule has 0 spiro atoms. The van der Waals surface area contributed by atoms with E-state index in [0.29, 0.717) is 25.1 Å². The Bertz CT molecular complexity index is 1560. The molecular weight excluding hydrogens is 598 g/mol. The summed E-state index contributed by atoms with van der Waals surface area (Å²) >= 11 is 13.0. The summed E-state index contributed by atoms with van der Waals surface area (Å²) in [5.74, 6) is -0.608. The molecule has 5 nitrogen and oxygen atoms in total. The molecule has 1 aliphatic heterocycles. The summed E-state index contributed by atoms with van der Waals surface area (Å²) in [6, 6.07) is 23.7. The number of fused-ring (bicyclic) bond motifs is 1. The smallest absolute Gasteiger partial charge is 0.363 e. The number of benzene rings is 4. The van der Waals surface area contributed by atoms with Crippen molar-refractivity contribution in [3.8, 4) is 5.75 Å². The minimum absolute atomic E-state index is 0.160. The van der Waals surface area contributed by atoms with Gasteiger partial charge in [-0.1, -0.05) is 54.1 Å². The van der Waals surface area contributed by atoms with Crippen LogP contribution in [0, 0.1) is 0 Å². The molecule has 0 radical (unpaired) electrons. The number of cyclic esters (lactones) is 1. The third-order valence-corrected chi connectivity index (χ3v) is 6.74. The van der Waals surface area contributed by atoms with Gasteiger partial charge in [-0.05, 0) is 90.7 Å². The van der Waals surface area contributed by atoms with Gasteiger partial charge in [-0.3, -0.25) is 0 Å². The van der Waals surface area contributed by atoms with Gasteiger partial charge in [0, 0.05) is 5.56 Å². The number of hydrogen-bond donors (Lipinski definition) is 0. The average molecular weight is 612 g/mol. The van der Waals surface area contributed by atoms with Crippen molar-refractivity contribution in [1.29, 1.82) is 0 Å². The van der Waals surface area contributed by atoms with E-state index in [4.69, 9.17) is 21.1 Å². The van der Waals surface area contributed by atoms with Crippen LogP contribution in [-0.2, 0) is 9.53 Å². The first-order chi connectivity index (χ1) is 16.9. The molecule has 8 heteroatoms. The summed E-state index contributed by atoms with van der Waals surface area (Å²) in [5.41, 5.74) is 1.78. The molecule has 0 saturated heterocycles. The quantitative estimate of drug-likeness (QED) is 0.136. The van der Waals surface area contributed by atoms with Crippen molar-refractivity contribution >= 4 is 78.1 Å². The number of rotatable bonds is 4. The van der Waals surface area contributed by atoms with Crippen molar-refractivity contribution in [2.24, 2.45) is 4.99 Å². The van der Waals surface area contributed by atoms with Gasteiger partial charge in [-0.15, -0.1) is 0 Å². The van der Waals surface area contributed by atoms with Crippen molar-refractivity contribution in [2.45, 2.75) is 0 Å². The van der Waals surface area contributed by atoms with Crippen molar-refractivity contribution in [2.75, 3.05) is 0 Å². The number of carbonyl (C=O) groups is 2. The highest BCUT2D eigenvalue weighted by atomic mass is 79.9. The van der Waals surface area contributed by atoms with Gasteiger partial charge in [-0.2, -0.15) is 0 Å². The van der Waals surface area contributed by atoms with E-state index >= 15 is 0 Å². The molecule has 1 aliphatic rings. The summed E-state index contributed by atoms with van der Waals surface area (Å²) in [7, 11) is 0. The number of esters is 2. The van der Waals surface area contributed by atoms with E-state index in [-0.39, 0.29) is 22.9 Å². The predicted octanol–water partition coefficient (Wildman–Crippen LogP) is 7.58. The highest BCUT2D eigenvalue weighted by Crippen LogP contribution is 2.36. The van der Waals surface area contributed by atoms with Crippen LogP contribution in [0.2, 0.25) is 5.02 Å². The van der Waals surface area contributed by atoms with E-state index in [0.717, 1.165) is 10.8 Å². The maximum atomic E-state index is 12.6. The minimum Gasteiger partial charge on any atom is -0.420 e. The first kappa shape index (κ1) is 23.5. The van der Waals surface area contributed by atoms with Gasteiger partial charge < -0.3 is 9.47 Å². The van der Waals surface area contributed by atoms with Crippen LogP contribution < -0.4 is 4.74 Å². The Hall–Kier alpha value is -3.26. The zero-order valence-electron chi connectivity index (χ0n) is 17.8. The fourth-order valence-corrected chi connectivity index (χ4v) is 5.14. The molecule has 0 saturated carbocycles. The van der Waals surface area contributed by atoms with E-state index < -0.39 is 11.9 Å². The van der Waals surface area contributed by atoms with E-state index in [1.165, 1.54) is 0 Å². The zero-order chi connectivity index (χ0) is 24.5. The van der Waals surface area contributed by atoms with Crippen LogP contribution in [0.4, 0.5) is 0 Å². The average Bonchev–Trinajstić information content (AvgIpc) is 3.21. The number of nitrogens with zero attached hydrogens (tertiary/aromatic N) is 1. The Labute approximate surface area is 222 Å². The highest BCUT2D eigenvalue weighted by Gasteiger charge is 2.25. The molecule has 0 bridgehead atoms. The van der Waals surface area contributed by atoms with Gasteiger partial charge >= 0.3 is 11.9 Å². The van der Waals surface area contributed by atoms with Gasteiger partial charge in [0.2, 0.25) is 5.90 Å². The molecule has 172 valence electrons. The minimum atomic E-state index is -0.591. The van der Waals surface area contributed by atoms with Gasteiger partial charge in [0.15, 0.2) is 11.4 Å². The second-order valence-corrected chi connectivity index (χ2v) is 9.70. The molecule has 0 atom stereocenters. The van der Waals surface area contributed by atoms with Crippen LogP contribution in [0.5, 0.6) is 5.75 Å². The first-order valence-corrected chi connectivity index (χ1v) is 12.3. The van der Waals surface area contributed by atoms with Gasteiger partial charge in [0.25, 0.3) is 0 Å². The van der Waals surface area contributed by atoms with Crippen LogP contribution in [-0.4, -0.2) is 17.8 Å². The summed E-state index contributed by atoms with van der Waals surface area (Å²) in [5, 5.41) is 2.41. The molecule has 5 rings (SSSR count). The first-order valence-electron chi connectivity index (χ1n) is 10.4. The molecule has 4 aromatic rings. The van der Waals surface area contributed by atoms with Crippen molar-refractivity contribution < 1.29 is 19.1 Å². The lowest BCUT2D eigenvalue weighted by atomic mass is 10.1. The van der Waals surface area contributed by atoms with Crippen LogP contribution in [0.3, 0.4) is 0 Å². The lowest BCUT2D eigenvalue weighted by Crippen LogP contribution is -2.10. The Balaban J connectivity index is 1.42. The molecule has 4 aromatic carbocycles. The number of aliphatic imine (C=N–C) groups is 1. The number of ether oxygens (including phenoxy) is 2. The highest BCUT2D eigenvalue weighted by molar-refractivity contribution is 9.11. The monoisotopic (exact) mass is 609 g/mol. The van der Waals surface area contributed by atoms with E-state index in [1.54, 1.807) is 42.5 Å². The standard InChI is InChI=1S/C27H14Br2ClNO4/c28-20-11-15(12-21(29)24(20)34-26(32)19-7-3-4-8-22(19)30)13-23-27(33)35-25(31-23)18-10-9-16-5-1-2-6-17(16)14-18/h1-14H/b23-13-. The number of halogens is 3. The van der Waals surface area contributed by atoms with Crippen LogP contribution >= 0.6 is 43.5 Å². The van der Waals surface area contributed by atoms with Crippen molar-refractivity contribution in [3.63, 3.8) is 0 Å². The topological polar surface area (TPSA) is 65.0 Å². The predicted molar refractivity (Wildman–Crippen MR) is 143 cm³/mol. The fourth-order valence-electron chi connectivity index (χ4n) is 3.55. The van der Waals surface area contributed by atoms with Crippen molar-refractivity contribution in [1.82, 2.24) is 0 Å². The Morgan fingerprint density at radius 2 is 1.60 bits per heavy atom. The zero-order valence-corrected chi connectivity index (χ0v) is 21.7. The number of hydrogen-bond acceptors (Lipinski definition) is 5. The summed E-state index contributed by atoms with van der Waals surface area (Å²) in [4.78, 5) is 29.4. The normalized spacial score (nSPS) is 14.2. The van der Waals surface area contributed by atoms with E-state index in [1.807, 2.05) is 42.5 Å². The second-order valence-electron chi connectivity index (χ2n) is 7.58. The largest absolute Gasteiger partial charge is 0.420 e. The Morgan fingerprint density at radius 3 is 2.34 bits per heavy atom.